The van der Waals surface area contributed by atoms with Crippen LogP contribution in [0.1, 0.15) is 34.6 Å². The molecule has 1 N–H and O–H groups in total. The molecule has 0 heterocycles. The van der Waals surface area contributed by atoms with Crippen LogP contribution in [-0.2, 0) is 4.89 Å². The van der Waals surface area contributed by atoms with Gasteiger partial charge in [-0.2, -0.15) is 0 Å². The Morgan fingerprint density at radius 2 is 1.73 bits per heavy atom. The minimum Gasteiger partial charge on any atom is -0.252 e. The van der Waals surface area contributed by atoms with E-state index >= 15 is 0 Å². The maximum absolute atomic E-state index is 8.35. The van der Waals surface area contributed by atoms with E-state index in [1.54, 1.807) is 0 Å². The van der Waals surface area contributed by atoms with Crippen molar-refractivity contribution < 1.29 is 10.1 Å². The Hall–Kier alpha value is -0.0800. The van der Waals surface area contributed by atoms with Crippen molar-refractivity contribution in [2.45, 2.75) is 34.6 Å². The van der Waals surface area contributed by atoms with Crippen LogP contribution in [0.15, 0.2) is 0 Å². The van der Waals surface area contributed by atoms with Gasteiger partial charge in [-0.3, -0.25) is 5.26 Å². The van der Waals surface area contributed by atoms with Crippen LogP contribution in [0.2, 0.25) is 0 Å². The van der Waals surface area contributed by atoms with Crippen LogP contribution in [0, 0.1) is 17.3 Å². The van der Waals surface area contributed by atoms with E-state index in [0.717, 1.165) is 0 Å². The molecule has 0 amide bonds. The summed E-state index contributed by atoms with van der Waals surface area (Å²) in [7, 11) is 0. The number of hydrogen-bond acceptors (Lipinski definition) is 2. The average Bonchev–Trinajstić information content (AvgIpc) is 1.79. The van der Waals surface area contributed by atoms with Crippen LogP contribution in [0.4, 0.5) is 0 Å². The fourth-order valence-corrected chi connectivity index (χ4v) is 1.52. The molecule has 0 radical (unpaired) electrons. The molecule has 0 rings (SSSR count). The summed E-state index contributed by atoms with van der Waals surface area (Å²) in [6.07, 6.45) is 0. The van der Waals surface area contributed by atoms with Crippen molar-refractivity contribution >= 4 is 0 Å². The fourth-order valence-electron chi connectivity index (χ4n) is 1.52. The van der Waals surface area contributed by atoms with Gasteiger partial charge in [-0.25, -0.2) is 4.89 Å². The minimum absolute atomic E-state index is 0.205. The van der Waals surface area contributed by atoms with Gasteiger partial charge in [0.1, 0.15) is 0 Å². The standard InChI is InChI=1S/C9H20O2/c1-7(2)8(6-11-10)9(3,4)5/h7-8,10H,6H2,1-5H3. The smallest absolute Gasteiger partial charge is 0.0855 e. The Morgan fingerprint density at radius 1 is 1.27 bits per heavy atom. The van der Waals surface area contributed by atoms with E-state index in [1.165, 1.54) is 0 Å². The molecule has 0 saturated carbocycles. The van der Waals surface area contributed by atoms with Crippen molar-refractivity contribution in [2.75, 3.05) is 6.61 Å². The third-order valence-corrected chi connectivity index (χ3v) is 2.17. The molecule has 2 heteroatoms. The van der Waals surface area contributed by atoms with E-state index in [1.807, 2.05) is 0 Å². The third kappa shape index (κ3) is 3.73. The number of rotatable bonds is 3. The van der Waals surface area contributed by atoms with Crippen LogP contribution >= 0.6 is 0 Å². The van der Waals surface area contributed by atoms with E-state index in [0.29, 0.717) is 18.4 Å². The molecule has 0 aliphatic heterocycles. The van der Waals surface area contributed by atoms with Gasteiger partial charge in [0.2, 0.25) is 0 Å². The second-order valence-electron chi connectivity index (χ2n) is 4.51. The molecule has 0 aliphatic rings. The van der Waals surface area contributed by atoms with Gasteiger partial charge in [0, 0.05) is 0 Å². The highest BCUT2D eigenvalue weighted by molar-refractivity contribution is 4.75. The second kappa shape index (κ2) is 4.07. The maximum Gasteiger partial charge on any atom is 0.0855 e. The summed E-state index contributed by atoms with van der Waals surface area (Å²) in [4.78, 5) is 4.19. The van der Waals surface area contributed by atoms with Crippen molar-refractivity contribution in [2.24, 2.45) is 17.3 Å². The first kappa shape index (κ1) is 10.9. The summed E-state index contributed by atoms with van der Waals surface area (Å²) in [6.45, 7) is 11.2. The second-order valence-corrected chi connectivity index (χ2v) is 4.51. The molecular weight excluding hydrogens is 140 g/mol. The Labute approximate surface area is 69.5 Å². The lowest BCUT2D eigenvalue weighted by molar-refractivity contribution is -0.259. The monoisotopic (exact) mass is 160 g/mol. The first-order valence-electron chi connectivity index (χ1n) is 4.16. The summed E-state index contributed by atoms with van der Waals surface area (Å²) in [5, 5.41) is 8.35. The zero-order valence-electron chi connectivity index (χ0n) is 8.22. The lowest BCUT2D eigenvalue weighted by atomic mass is 9.75. The summed E-state index contributed by atoms with van der Waals surface area (Å²) in [6, 6.07) is 0. The largest absolute Gasteiger partial charge is 0.252 e. The zero-order valence-corrected chi connectivity index (χ0v) is 8.22. The van der Waals surface area contributed by atoms with Gasteiger partial charge in [-0.05, 0) is 17.3 Å². The van der Waals surface area contributed by atoms with Gasteiger partial charge in [0.15, 0.2) is 0 Å². The Morgan fingerprint density at radius 3 is 1.82 bits per heavy atom. The molecule has 0 fully saturated rings. The van der Waals surface area contributed by atoms with Crippen LogP contribution in [0.25, 0.3) is 0 Å². The minimum atomic E-state index is 0.205. The maximum atomic E-state index is 8.35. The molecule has 1 unspecified atom stereocenters. The van der Waals surface area contributed by atoms with E-state index in [-0.39, 0.29) is 5.41 Å². The lowest BCUT2D eigenvalue weighted by Crippen LogP contribution is -2.29. The molecule has 0 aromatic heterocycles. The Bertz CT molecular complexity index is 103. The van der Waals surface area contributed by atoms with E-state index in [4.69, 9.17) is 5.26 Å². The van der Waals surface area contributed by atoms with E-state index < -0.39 is 0 Å². The van der Waals surface area contributed by atoms with Crippen LogP contribution in [0.3, 0.4) is 0 Å². The molecule has 0 saturated heterocycles. The van der Waals surface area contributed by atoms with Crippen molar-refractivity contribution in [3.63, 3.8) is 0 Å². The van der Waals surface area contributed by atoms with Crippen LogP contribution in [0.5, 0.6) is 0 Å². The number of hydrogen-bond donors (Lipinski definition) is 1. The molecule has 0 aromatic rings. The molecule has 0 spiro atoms. The molecule has 2 nitrogen and oxygen atoms in total. The normalized spacial score (nSPS) is 15.5. The van der Waals surface area contributed by atoms with Crippen molar-refractivity contribution in [3.05, 3.63) is 0 Å². The predicted octanol–water partition coefficient (Wildman–Crippen LogP) is 2.79. The first-order chi connectivity index (χ1) is 4.89. The third-order valence-electron chi connectivity index (χ3n) is 2.17. The highest BCUT2D eigenvalue weighted by Crippen LogP contribution is 2.31. The van der Waals surface area contributed by atoms with Gasteiger partial charge in [0.25, 0.3) is 0 Å². The summed E-state index contributed by atoms with van der Waals surface area (Å²) >= 11 is 0. The van der Waals surface area contributed by atoms with Crippen molar-refractivity contribution in [1.29, 1.82) is 0 Å². The lowest BCUT2D eigenvalue weighted by Gasteiger charge is -2.32. The summed E-state index contributed by atoms with van der Waals surface area (Å²) < 4.78 is 0. The molecule has 0 bridgehead atoms. The quantitative estimate of drug-likeness (QED) is 0.508. The SMILES string of the molecule is CC(C)C(COO)C(C)(C)C. The van der Waals surface area contributed by atoms with E-state index in [9.17, 15) is 0 Å². The van der Waals surface area contributed by atoms with Gasteiger partial charge in [-0.15, -0.1) is 0 Å². The molecule has 0 aromatic carbocycles. The summed E-state index contributed by atoms with van der Waals surface area (Å²) in [5.41, 5.74) is 0.205. The Balaban J connectivity index is 4.10. The fraction of sp³-hybridized carbons (Fsp3) is 1.00. The first-order valence-corrected chi connectivity index (χ1v) is 4.16. The van der Waals surface area contributed by atoms with Gasteiger partial charge in [-0.1, -0.05) is 34.6 Å². The predicted molar refractivity (Wildman–Crippen MR) is 46.4 cm³/mol. The van der Waals surface area contributed by atoms with E-state index in [2.05, 4.69) is 39.5 Å². The average molecular weight is 160 g/mol. The zero-order chi connectivity index (χ0) is 9.07. The summed E-state index contributed by atoms with van der Waals surface area (Å²) in [5.74, 6) is 0.953. The van der Waals surface area contributed by atoms with Gasteiger partial charge < -0.3 is 0 Å². The van der Waals surface area contributed by atoms with Gasteiger partial charge in [0.05, 0.1) is 6.61 Å². The molecular formula is C9H20O2. The Kier molecular flexibility index (Phi) is 4.04. The molecule has 11 heavy (non-hydrogen) atoms. The van der Waals surface area contributed by atoms with Gasteiger partial charge >= 0.3 is 0 Å². The van der Waals surface area contributed by atoms with Crippen LogP contribution < -0.4 is 0 Å². The van der Waals surface area contributed by atoms with Crippen molar-refractivity contribution in [1.82, 2.24) is 0 Å². The molecule has 1 atom stereocenters. The topological polar surface area (TPSA) is 29.5 Å². The highest BCUT2D eigenvalue weighted by atomic mass is 17.1. The molecule has 0 aliphatic carbocycles. The van der Waals surface area contributed by atoms with Crippen molar-refractivity contribution in [3.8, 4) is 0 Å². The molecule has 68 valence electrons. The highest BCUT2D eigenvalue weighted by Gasteiger charge is 2.27. The van der Waals surface area contributed by atoms with Crippen LogP contribution in [-0.4, -0.2) is 11.9 Å².